The molecular formula is C22H31N3O5S. The van der Waals surface area contributed by atoms with Gasteiger partial charge in [-0.2, -0.15) is 11.3 Å². The molecule has 31 heavy (non-hydrogen) atoms. The lowest BCUT2D eigenvalue weighted by Crippen LogP contribution is -2.51. The Morgan fingerprint density at radius 1 is 1.16 bits per heavy atom. The number of likely N-dealkylation sites (N-methyl/N-ethyl adjacent to an activating group) is 1. The molecule has 0 aromatic carbocycles. The SMILES string of the molecule is CCOC(=O)C1=C(CN2CCC(C(=O)OCC)CC2)N(CC)C(=O)N[C@H]1c1ccsc1. The van der Waals surface area contributed by atoms with E-state index in [4.69, 9.17) is 9.47 Å². The molecule has 1 N–H and O–H groups in total. The van der Waals surface area contributed by atoms with E-state index in [1.807, 2.05) is 30.7 Å². The summed E-state index contributed by atoms with van der Waals surface area (Å²) in [6, 6.07) is 1.16. The molecule has 1 aromatic rings. The number of nitrogens with zero attached hydrogens (tertiary/aromatic N) is 2. The second-order valence-corrected chi connectivity index (χ2v) is 8.35. The van der Waals surface area contributed by atoms with E-state index in [9.17, 15) is 14.4 Å². The number of amides is 2. The summed E-state index contributed by atoms with van der Waals surface area (Å²) in [5, 5.41) is 6.83. The Bertz CT molecular complexity index is 815. The van der Waals surface area contributed by atoms with Gasteiger partial charge >= 0.3 is 18.0 Å². The molecule has 1 fully saturated rings. The van der Waals surface area contributed by atoms with Gasteiger partial charge in [0.15, 0.2) is 0 Å². The number of carbonyl (C=O) groups excluding carboxylic acids is 3. The molecule has 1 saturated heterocycles. The van der Waals surface area contributed by atoms with Crippen molar-refractivity contribution in [1.82, 2.24) is 15.1 Å². The van der Waals surface area contributed by atoms with Crippen molar-refractivity contribution in [2.45, 2.75) is 39.7 Å². The van der Waals surface area contributed by atoms with Gasteiger partial charge in [-0.3, -0.25) is 14.6 Å². The van der Waals surface area contributed by atoms with Crippen molar-refractivity contribution in [3.63, 3.8) is 0 Å². The summed E-state index contributed by atoms with van der Waals surface area (Å²) < 4.78 is 10.5. The van der Waals surface area contributed by atoms with Crippen LogP contribution in [0.1, 0.15) is 45.2 Å². The molecule has 0 aliphatic carbocycles. The molecule has 2 amide bonds. The topological polar surface area (TPSA) is 88.2 Å². The third-order valence-electron chi connectivity index (χ3n) is 5.71. The van der Waals surface area contributed by atoms with E-state index in [0.717, 1.165) is 5.56 Å². The molecule has 1 aromatic heterocycles. The maximum absolute atomic E-state index is 13.0. The number of nitrogens with one attached hydrogen (secondary N) is 1. The largest absolute Gasteiger partial charge is 0.466 e. The quantitative estimate of drug-likeness (QED) is 0.614. The monoisotopic (exact) mass is 449 g/mol. The van der Waals surface area contributed by atoms with Gasteiger partial charge in [-0.05, 0) is 69.1 Å². The lowest BCUT2D eigenvalue weighted by atomic mass is 9.94. The van der Waals surface area contributed by atoms with Crippen LogP contribution in [0, 0.1) is 5.92 Å². The normalized spacial score (nSPS) is 20.5. The molecular weight excluding hydrogens is 418 g/mol. The maximum Gasteiger partial charge on any atom is 0.338 e. The number of piperidine rings is 1. The van der Waals surface area contributed by atoms with Gasteiger partial charge in [0.2, 0.25) is 0 Å². The van der Waals surface area contributed by atoms with Crippen molar-refractivity contribution in [3.8, 4) is 0 Å². The molecule has 2 aliphatic rings. The Morgan fingerprint density at radius 3 is 2.45 bits per heavy atom. The smallest absolute Gasteiger partial charge is 0.338 e. The minimum absolute atomic E-state index is 0.0924. The summed E-state index contributed by atoms with van der Waals surface area (Å²) >= 11 is 1.52. The van der Waals surface area contributed by atoms with Crippen molar-refractivity contribution < 1.29 is 23.9 Å². The Hall–Kier alpha value is -2.39. The number of rotatable bonds is 8. The van der Waals surface area contributed by atoms with Gasteiger partial charge in [0.05, 0.1) is 30.7 Å². The van der Waals surface area contributed by atoms with Gasteiger partial charge < -0.3 is 14.8 Å². The molecule has 0 radical (unpaired) electrons. The first-order valence-electron chi connectivity index (χ1n) is 10.9. The van der Waals surface area contributed by atoms with Crippen LogP contribution in [0.15, 0.2) is 28.1 Å². The summed E-state index contributed by atoms with van der Waals surface area (Å²) in [6.07, 6.45) is 1.40. The lowest BCUT2D eigenvalue weighted by Gasteiger charge is -2.39. The standard InChI is InChI=1S/C22H31N3O5S/c1-4-25-17(13-24-10-7-15(8-11-24)20(26)29-5-2)18(21(27)30-6-3)19(23-22(25)28)16-9-12-31-14-16/h9,12,14-15,19H,4-8,10-11,13H2,1-3H3,(H,23,28)/t19-/m0/s1. The number of thiophene rings is 1. The average Bonchev–Trinajstić information content (AvgIpc) is 3.29. The highest BCUT2D eigenvalue weighted by Crippen LogP contribution is 2.33. The zero-order valence-electron chi connectivity index (χ0n) is 18.4. The summed E-state index contributed by atoms with van der Waals surface area (Å²) in [7, 11) is 0. The fraction of sp³-hybridized carbons (Fsp3) is 0.591. The zero-order chi connectivity index (χ0) is 22.4. The third-order valence-corrected chi connectivity index (χ3v) is 6.41. The Kier molecular flexibility index (Phi) is 8.09. The van der Waals surface area contributed by atoms with E-state index < -0.39 is 12.0 Å². The first-order chi connectivity index (χ1) is 15.0. The van der Waals surface area contributed by atoms with Crippen LogP contribution in [-0.2, 0) is 19.1 Å². The minimum atomic E-state index is -0.535. The van der Waals surface area contributed by atoms with Crippen molar-refractivity contribution in [3.05, 3.63) is 33.7 Å². The highest BCUT2D eigenvalue weighted by Gasteiger charge is 2.39. The van der Waals surface area contributed by atoms with Crippen LogP contribution >= 0.6 is 11.3 Å². The third kappa shape index (κ3) is 5.27. The van der Waals surface area contributed by atoms with Crippen LogP contribution in [0.4, 0.5) is 4.79 Å². The van der Waals surface area contributed by atoms with Gasteiger partial charge in [-0.25, -0.2) is 9.59 Å². The van der Waals surface area contributed by atoms with E-state index in [0.29, 0.717) is 56.9 Å². The molecule has 2 aliphatic heterocycles. The number of likely N-dealkylation sites (tertiary alicyclic amines) is 1. The van der Waals surface area contributed by atoms with Crippen LogP contribution in [-0.4, -0.2) is 67.2 Å². The van der Waals surface area contributed by atoms with Gasteiger partial charge in [0.25, 0.3) is 0 Å². The summed E-state index contributed by atoms with van der Waals surface area (Å²) in [5.41, 5.74) is 2.03. The molecule has 0 bridgehead atoms. The summed E-state index contributed by atoms with van der Waals surface area (Å²) in [5.74, 6) is -0.642. The van der Waals surface area contributed by atoms with Crippen LogP contribution < -0.4 is 5.32 Å². The van der Waals surface area contributed by atoms with E-state index in [1.54, 1.807) is 11.8 Å². The Balaban J connectivity index is 1.88. The molecule has 0 unspecified atom stereocenters. The van der Waals surface area contributed by atoms with Crippen LogP contribution in [0.25, 0.3) is 0 Å². The molecule has 9 heteroatoms. The maximum atomic E-state index is 13.0. The van der Waals surface area contributed by atoms with Crippen molar-refractivity contribution in [2.24, 2.45) is 5.92 Å². The summed E-state index contributed by atoms with van der Waals surface area (Å²) in [4.78, 5) is 41.7. The number of ether oxygens (including phenoxy) is 2. The molecule has 8 nitrogen and oxygen atoms in total. The Morgan fingerprint density at radius 2 is 1.87 bits per heavy atom. The number of esters is 2. The van der Waals surface area contributed by atoms with Crippen LogP contribution in [0.2, 0.25) is 0 Å². The highest BCUT2D eigenvalue weighted by atomic mass is 32.1. The van der Waals surface area contributed by atoms with Crippen molar-refractivity contribution >= 4 is 29.3 Å². The second-order valence-electron chi connectivity index (χ2n) is 7.57. The van der Waals surface area contributed by atoms with E-state index in [2.05, 4.69) is 10.2 Å². The fourth-order valence-electron chi connectivity index (χ4n) is 4.15. The van der Waals surface area contributed by atoms with Crippen molar-refractivity contribution in [2.75, 3.05) is 39.4 Å². The van der Waals surface area contributed by atoms with Gasteiger partial charge in [0.1, 0.15) is 0 Å². The molecule has 0 saturated carbocycles. The second kappa shape index (κ2) is 10.8. The first-order valence-corrected chi connectivity index (χ1v) is 11.8. The molecule has 3 rings (SSSR count). The number of hydrogen-bond donors (Lipinski definition) is 1. The Labute approximate surface area is 187 Å². The van der Waals surface area contributed by atoms with Gasteiger partial charge in [0, 0.05) is 18.8 Å². The molecule has 170 valence electrons. The number of carbonyl (C=O) groups is 3. The molecule has 0 spiro atoms. The average molecular weight is 450 g/mol. The number of urea groups is 1. The van der Waals surface area contributed by atoms with E-state index in [1.165, 1.54) is 11.3 Å². The van der Waals surface area contributed by atoms with E-state index in [-0.39, 0.29) is 24.5 Å². The van der Waals surface area contributed by atoms with Crippen LogP contribution in [0.3, 0.4) is 0 Å². The van der Waals surface area contributed by atoms with Gasteiger partial charge in [-0.15, -0.1) is 0 Å². The number of hydrogen-bond acceptors (Lipinski definition) is 7. The van der Waals surface area contributed by atoms with Gasteiger partial charge in [-0.1, -0.05) is 0 Å². The minimum Gasteiger partial charge on any atom is -0.466 e. The summed E-state index contributed by atoms with van der Waals surface area (Å²) in [6.45, 7) is 8.42. The predicted molar refractivity (Wildman–Crippen MR) is 117 cm³/mol. The highest BCUT2D eigenvalue weighted by molar-refractivity contribution is 7.08. The molecule has 1 atom stereocenters. The predicted octanol–water partition coefficient (Wildman–Crippen LogP) is 2.93. The fourth-order valence-corrected chi connectivity index (χ4v) is 4.83. The zero-order valence-corrected chi connectivity index (χ0v) is 19.2. The first kappa shape index (κ1) is 23.3. The van der Waals surface area contributed by atoms with E-state index >= 15 is 0 Å². The van der Waals surface area contributed by atoms with Crippen molar-refractivity contribution in [1.29, 1.82) is 0 Å². The van der Waals surface area contributed by atoms with Crippen LogP contribution in [0.5, 0.6) is 0 Å². The lowest BCUT2D eigenvalue weighted by molar-refractivity contribution is -0.149. The molecule has 3 heterocycles.